The highest BCUT2D eigenvalue weighted by Gasteiger charge is 2.04. The van der Waals surface area contributed by atoms with Crippen LogP contribution in [0.15, 0.2) is 18.2 Å². The molecule has 3 N–H and O–H groups in total. The van der Waals surface area contributed by atoms with Gasteiger partial charge >= 0.3 is 0 Å². The zero-order valence-corrected chi connectivity index (χ0v) is 10.9. The lowest BCUT2D eigenvalue weighted by molar-refractivity contribution is -0.113. The minimum absolute atomic E-state index is 0.00420. The van der Waals surface area contributed by atoms with Gasteiger partial charge in [-0.25, -0.2) is 0 Å². The summed E-state index contributed by atoms with van der Waals surface area (Å²) < 4.78 is 0. The van der Waals surface area contributed by atoms with Gasteiger partial charge in [0.1, 0.15) is 0 Å². The standard InChI is InChI=1S/C13H16N2OS/c1-10-5-6-11(4-3-7-14)8-12(10)15-13(16)9-17-2/h5-6,8H,7,9,14H2,1-2H3,(H,15,16). The maximum atomic E-state index is 11.5. The van der Waals surface area contributed by atoms with Gasteiger partial charge < -0.3 is 11.1 Å². The molecule has 0 radical (unpaired) electrons. The summed E-state index contributed by atoms with van der Waals surface area (Å²) in [5, 5.41) is 2.87. The van der Waals surface area contributed by atoms with Gasteiger partial charge in [-0.05, 0) is 30.9 Å². The van der Waals surface area contributed by atoms with Crippen molar-refractivity contribution in [2.24, 2.45) is 5.73 Å². The lowest BCUT2D eigenvalue weighted by atomic mass is 10.1. The van der Waals surface area contributed by atoms with Gasteiger partial charge in [0.15, 0.2) is 0 Å². The van der Waals surface area contributed by atoms with Gasteiger partial charge in [-0.3, -0.25) is 4.79 Å². The maximum Gasteiger partial charge on any atom is 0.234 e. The van der Waals surface area contributed by atoms with Crippen molar-refractivity contribution in [1.82, 2.24) is 0 Å². The van der Waals surface area contributed by atoms with Crippen LogP contribution in [0.4, 0.5) is 5.69 Å². The van der Waals surface area contributed by atoms with Crippen LogP contribution >= 0.6 is 11.8 Å². The number of anilines is 1. The van der Waals surface area contributed by atoms with Crippen LogP contribution in [0.25, 0.3) is 0 Å². The smallest absolute Gasteiger partial charge is 0.234 e. The van der Waals surface area contributed by atoms with Crippen molar-refractivity contribution in [2.45, 2.75) is 6.92 Å². The fourth-order valence-corrected chi connectivity index (χ4v) is 1.64. The van der Waals surface area contributed by atoms with Crippen LogP contribution in [-0.2, 0) is 4.79 Å². The number of carbonyl (C=O) groups is 1. The quantitative estimate of drug-likeness (QED) is 0.799. The molecule has 1 amide bonds. The molecule has 1 rings (SSSR count). The summed E-state index contributed by atoms with van der Waals surface area (Å²) in [5.74, 6) is 6.20. The molecule has 0 aliphatic rings. The van der Waals surface area contributed by atoms with E-state index in [4.69, 9.17) is 5.73 Å². The van der Waals surface area contributed by atoms with E-state index in [0.29, 0.717) is 12.3 Å². The summed E-state index contributed by atoms with van der Waals surface area (Å²) in [6.45, 7) is 2.29. The molecule has 3 nitrogen and oxygen atoms in total. The van der Waals surface area contributed by atoms with E-state index in [1.165, 1.54) is 11.8 Å². The van der Waals surface area contributed by atoms with Gasteiger partial charge in [0.2, 0.25) is 5.91 Å². The van der Waals surface area contributed by atoms with Gasteiger partial charge in [0.25, 0.3) is 0 Å². The number of hydrogen-bond donors (Lipinski definition) is 2. The SMILES string of the molecule is CSCC(=O)Nc1cc(C#CCN)ccc1C. The summed E-state index contributed by atoms with van der Waals surface area (Å²) in [7, 11) is 0. The minimum Gasteiger partial charge on any atom is -0.325 e. The fourth-order valence-electron chi connectivity index (χ4n) is 1.30. The molecule has 0 saturated heterocycles. The number of amides is 1. The molecule has 0 fully saturated rings. The highest BCUT2D eigenvalue weighted by Crippen LogP contribution is 2.16. The van der Waals surface area contributed by atoms with Crippen molar-refractivity contribution in [3.63, 3.8) is 0 Å². The first kappa shape index (κ1) is 13.6. The molecular formula is C13H16N2OS. The first-order chi connectivity index (χ1) is 8.17. The second-order valence-corrected chi connectivity index (χ2v) is 4.38. The predicted octanol–water partition coefficient (Wildman–Crippen LogP) is 1.61. The number of thioether (sulfide) groups is 1. The Bertz CT molecular complexity index is 460. The van der Waals surface area contributed by atoms with E-state index in [9.17, 15) is 4.79 Å². The van der Waals surface area contributed by atoms with Crippen LogP contribution < -0.4 is 11.1 Å². The van der Waals surface area contributed by atoms with E-state index in [2.05, 4.69) is 17.2 Å². The zero-order valence-electron chi connectivity index (χ0n) is 10.0. The first-order valence-corrected chi connectivity index (χ1v) is 6.65. The Labute approximate surface area is 106 Å². The van der Waals surface area contributed by atoms with Crippen molar-refractivity contribution >= 4 is 23.4 Å². The predicted molar refractivity (Wildman–Crippen MR) is 74.1 cm³/mol. The summed E-state index contributed by atoms with van der Waals surface area (Å²) in [5.41, 5.74) is 8.02. The fraction of sp³-hybridized carbons (Fsp3) is 0.308. The molecule has 0 spiro atoms. The van der Waals surface area contributed by atoms with Crippen LogP contribution in [0.5, 0.6) is 0 Å². The van der Waals surface area contributed by atoms with E-state index in [-0.39, 0.29) is 5.91 Å². The molecule has 4 heteroatoms. The number of nitrogens with one attached hydrogen (secondary N) is 1. The van der Waals surface area contributed by atoms with E-state index in [1.54, 1.807) is 0 Å². The summed E-state index contributed by atoms with van der Waals surface area (Å²) in [6, 6.07) is 5.73. The Morgan fingerprint density at radius 3 is 2.94 bits per heavy atom. The first-order valence-electron chi connectivity index (χ1n) is 5.25. The second kappa shape index (κ2) is 7.00. The van der Waals surface area contributed by atoms with Gasteiger partial charge in [-0.15, -0.1) is 0 Å². The van der Waals surface area contributed by atoms with Gasteiger partial charge in [0.05, 0.1) is 12.3 Å². The Morgan fingerprint density at radius 2 is 2.29 bits per heavy atom. The molecular weight excluding hydrogens is 232 g/mol. The molecule has 0 aliphatic carbocycles. The van der Waals surface area contributed by atoms with Crippen LogP contribution in [0.3, 0.4) is 0 Å². The largest absolute Gasteiger partial charge is 0.325 e. The van der Waals surface area contributed by atoms with E-state index in [1.807, 2.05) is 31.4 Å². The van der Waals surface area contributed by atoms with Gasteiger partial charge in [-0.1, -0.05) is 17.9 Å². The maximum absolute atomic E-state index is 11.5. The molecule has 0 saturated carbocycles. The van der Waals surface area contributed by atoms with E-state index in [0.717, 1.165) is 16.8 Å². The number of carbonyl (C=O) groups excluding carboxylic acids is 1. The molecule has 0 heterocycles. The van der Waals surface area contributed by atoms with E-state index >= 15 is 0 Å². The highest BCUT2D eigenvalue weighted by molar-refractivity contribution is 7.99. The highest BCUT2D eigenvalue weighted by atomic mass is 32.2. The van der Waals surface area contributed by atoms with Crippen LogP contribution in [-0.4, -0.2) is 24.5 Å². The van der Waals surface area contributed by atoms with Crippen molar-refractivity contribution in [1.29, 1.82) is 0 Å². The molecule has 1 aromatic carbocycles. The lowest BCUT2D eigenvalue weighted by Crippen LogP contribution is -2.14. The third-order valence-corrected chi connectivity index (χ3v) is 2.67. The number of hydrogen-bond acceptors (Lipinski definition) is 3. The minimum atomic E-state index is 0.00420. The molecule has 17 heavy (non-hydrogen) atoms. The Kier molecular flexibility index (Phi) is 5.61. The van der Waals surface area contributed by atoms with Crippen molar-refractivity contribution in [3.05, 3.63) is 29.3 Å². The van der Waals surface area contributed by atoms with Crippen LogP contribution in [0, 0.1) is 18.8 Å². The molecule has 0 aromatic heterocycles. The second-order valence-electron chi connectivity index (χ2n) is 3.52. The number of aryl methyl sites for hydroxylation is 1. The third kappa shape index (κ3) is 4.51. The summed E-state index contributed by atoms with van der Waals surface area (Å²) >= 11 is 1.50. The number of benzene rings is 1. The molecule has 0 bridgehead atoms. The summed E-state index contributed by atoms with van der Waals surface area (Å²) in [4.78, 5) is 11.5. The topological polar surface area (TPSA) is 55.1 Å². The molecule has 90 valence electrons. The van der Waals surface area contributed by atoms with Gasteiger partial charge in [-0.2, -0.15) is 11.8 Å². The van der Waals surface area contributed by atoms with Crippen LogP contribution in [0.2, 0.25) is 0 Å². The monoisotopic (exact) mass is 248 g/mol. The normalized spacial score (nSPS) is 9.35. The average Bonchev–Trinajstić information content (AvgIpc) is 2.30. The molecule has 0 unspecified atom stereocenters. The third-order valence-electron chi connectivity index (χ3n) is 2.12. The van der Waals surface area contributed by atoms with Crippen LogP contribution in [0.1, 0.15) is 11.1 Å². The summed E-state index contributed by atoms with van der Waals surface area (Å²) in [6.07, 6.45) is 1.90. The number of rotatable bonds is 3. The molecule has 0 atom stereocenters. The Hall–Kier alpha value is -1.44. The van der Waals surface area contributed by atoms with E-state index < -0.39 is 0 Å². The average molecular weight is 248 g/mol. The van der Waals surface area contributed by atoms with Crippen molar-refractivity contribution < 1.29 is 4.79 Å². The van der Waals surface area contributed by atoms with Gasteiger partial charge in [0, 0.05) is 11.3 Å². The number of nitrogens with two attached hydrogens (primary N) is 1. The molecule has 1 aromatic rings. The molecule has 0 aliphatic heterocycles. The Morgan fingerprint density at radius 1 is 1.53 bits per heavy atom. The van der Waals surface area contributed by atoms with Crippen molar-refractivity contribution in [3.8, 4) is 11.8 Å². The van der Waals surface area contributed by atoms with Crippen molar-refractivity contribution in [2.75, 3.05) is 23.9 Å². The lowest BCUT2D eigenvalue weighted by Gasteiger charge is -2.08. The zero-order chi connectivity index (χ0) is 12.7. The Balaban J connectivity index is 2.86.